The molecule has 0 radical (unpaired) electrons. The van der Waals surface area contributed by atoms with Crippen LogP contribution in [0.25, 0.3) is 5.69 Å². The van der Waals surface area contributed by atoms with Crippen LogP contribution in [0.4, 0.5) is 0 Å². The molecular weight excluding hydrogens is 321 g/mol. The predicted octanol–water partition coefficient (Wildman–Crippen LogP) is 3.60. The Kier molecular flexibility index (Phi) is 6.26. The van der Waals surface area contributed by atoms with Crippen LogP contribution in [-0.4, -0.2) is 28.0 Å². The van der Waals surface area contributed by atoms with E-state index in [1.165, 1.54) is 0 Å². The van der Waals surface area contributed by atoms with Crippen LogP contribution in [-0.2, 0) is 6.54 Å². The van der Waals surface area contributed by atoms with E-state index < -0.39 is 0 Å². The topological polar surface area (TPSA) is 50.1 Å². The van der Waals surface area contributed by atoms with Crippen molar-refractivity contribution in [3.63, 3.8) is 0 Å². The van der Waals surface area contributed by atoms with Gasteiger partial charge in [0, 0.05) is 23.7 Å². The first-order valence-corrected chi connectivity index (χ1v) is 8.10. The number of benzene rings is 1. The first kappa shape index (κ1) is 17.3. The lowest BCUT2D eigenvalue weighted by Gasteiger charge is -2.11. The summed E-state index contributed by atoms with van der Waals surface area (Å²) in [5.41, 5.74) is 2.73. The number of aliphatic hydroxyl groups excluding tert-OH is 1. The first-order chi connectivity index (χ1) is 10.5. The van der Waals surface area contributed by atoms with Gasteiger partial charge in [0.2, 0.25) is 0 Å². The largest absolute Gasteiger partial charge is 0.396 e. The van der Waals surface area contributed by atoms with Crippen molar-refractivity contribution < 1.29 is 5.11 Å². The summed E-state index contributed by atoms with van der Waals surface area (Å²) in [4.78, 5) is 0. The molecule has 1 atom stereocenters. The number of nitrogens with one attached hydrogen (secondary N) is 1. The average Bonchev–Trinajstić information content (AvgIpc) is 2.75. The number of aryl methyl sites for hydroxylation is 1. The molecule has 1 unspecified atom stereocenters. The van der Waals surface area contributed by atoms with E-state index in [0.717, 1.165) is 29.9 Å². The fourth-order valence-corrected chi connectivity index (χ4v) is 2.80. The van der Waals surface area contributed by atoms with Crippen molar-refractivity contribution in [2.45, 2.75) is 26.8 Å². The monoisotopic (exact) mass is 341 g/mol. The van der Waals surface area contributed by atoms with Crippen LogP contribution in [0.1, 0.15) is 24.6 Å². The minimum atomic E-state index is 0.218. The number of aliphatic hydroxyl groups is 1. The molecule has 0 aliphatic heterocycles. The van der Waals surface area contributed by atoms with Gasteiger partial charge in [0.15, 0.2) is 0 Å². The third-order valence-electron chi connectivity index (χ3n) is 3.59. The Hall–Kier alpha value is -1.07. The molecule has 2 rings (SSSR count). The highest BCUT2D eigenvalue weighted by Crippen LogP contribution is 2.24. The van der Waals surface area contributed by atoms with Crippen LogP contribution in [0.3, 0.4) is 0 Å². The quantitative estimate of drug-likeness (QED) is 0.808. The van der Waals surface area contributed by atoms with Crippen LogP contribution in [0, 0.1) is 12.8 Å². The summed E-state index contributed by atoms with van der Waals surface area (Å²) in [6, 6.07) is 7.45. The number of hydrogen-bond donors (Lipinski definition) is 2. The molecule has 1 aromatic heterocycles. The maximum absolute atomic E-state index is 8.92. The molecule has 4 nitrogen and oxygen atoms in total. The van der Waals surface area contributed by atoms with Crippen molar-refractivity contribution >= 4 is 23.2 Å². The van der Waals surface area contributed by atoms with Gasteiger partial charge in [0.25, 0.3) is 0 Å². The molecule has 0 saturated heterocycles. The molecule has 1 heterocycles. The highest BCUT2D eigenvalue weighted by Gasteiger charge is 2.14. The zero-order chi connectivity index (χ0) is 16.1. The van der Waals surface area contributed by atoms with Gasteiger partial charge in [0.1, 0.15) is 5.15 Å². The molecule has 2 aromatic rings. The molecule has 0 amide bonds. The van der Waals surface area contributed by atoms with E-state index >= 15 is 0 Å². The standard InChI is InChI=1S/C16H21Cl2N3O/c1-11(6-7-22)9-19-10-15-12(2)20-21(16(15)18)14-5-3-4-13(17)8-14/h3-5,8,11,19,22H,6-7,9-10H2,1-2H3. The van der Waals surface area contributed by atoms with Gasteiger partial charge in [-0.25, -0.2) is 4.68 Å². The molecule has 0 aliphatic carbocycles. The van der Waals surface area contributed by atoms with Gasteiger partial charge >= 0.3 is 0 Å². The third-order valence-corrected chi connectivity index (χ3v) is 4.21. The van der Waals surface area contributed by atoms with Crippen molar-refractivity contribution in [1.82, 2.24) is 15.1 Å². The van der Waals surface area contributed by atoms with E-state index in [-0.39, 0.29) is 6.61 Å². The molecular formula is C16H21Cl2N3O. The second kappa shape index (κ2) is 7.97. The first-order valence-electron chi connectivity index (χ1n) is 7.34. The third kappa shape index (κ3) is 4.23. The molecule has 0 aliphatic rings. The van der Waals surface area contributed by atoms with E-state index in [9.17, 15) is 0 Å². The van der Waals surface area contributed by atoms with E-state index in [2.05, 4.69) is 17.3 Å². The minimum absolute atomic E-state index is 0.218. The van der Waals surface area contributed by atoms with E-state index in [1.807, 2.05) is 31.2 Å². The molecule has 1 aromatic carbocycles. The predicted molar refractivity (Wildman–Crippen MR) is 90.9 cm³/mol. The van der Waals surface area contributed by atoms with Gasteiger partial charge in [-0.2, -0.15) is 5.10 Å². The lowest BCUT2D eigenvalue weighted by Crippen LogP contribution is -2.21. The number of halogens is 2. The van der Waals surface area contributed by atoms with E-state index in [1.54, 1.807) is 4.68 Å². The molecule has 2 N–H and O–H groups in total. The normalized spacial score (nSPS) is 12.6. The highest BCUT2D eigenvalue weighted by atomic mass is 35.5. The summed E-state index contributed by atoms with van der Waals surface area (Å²) < 4.78 is 1.71. The van der Waals surface area contributed by atoms with Crippen LogP contribution in [0.2, 0.25) is 10.2 Å². The van der Waals surface area contributed by atoms with Crippen LogP contribution in [0.5, 0.6) is 0 Å². The van der Waals surface area contributed by atoms with Crippen molar-refractivity contribution in [3.05, 3.63) is 45.7 Å². The van der Waals surface area contributed by atoms with Crippen molar-refractivity contribution in [1.29, 1.82) is 0 Å². The Morgan fingerprint density at radius 2 is 2.14 bits per heavy atom. The maximum Gasteiger partial charge on any atom is 0.137 e. The summed E-state index contributed by atoms with van der Waals surface area (Å²) in [7, 11) is 0. The fraction of sp³-hybridized carbons (Fsp3) is 0.438. The Morgan fingerprint density at radius 3 is 2.82 bits per heavy atom. The lowest BCUT2D eigenvalue weighted by molar-refractivity contribution is 0.260. The summed E-state index contributed by atoms with van der Waals surface area (Å²) >= 11 is 12.5. The number of hydrogen-bond acceptors (Lipinski definition) is 3. The zero-order valence-corrected chi connectivity index (χ0v) is 14.3. The molecule has 22 heavy (non-hydrogen) atoms. The van der Waals surface area contributed by atoms with Crippen LogP contribution in [0.15, 0.2) is 24.3 Å². The Bertz CT molecular complexity index is 628. The van der Waals surface area contributed by atoms with Gasteiger partial charge in [-0.05, 0) is 44.0 Å². The molecule has 0 saturated carbocycles. The maximum atomic E-state index is 8.92. The Labute approximate surface area is 141 Å². The lowest BCUT2D eigenvalue weighted by atomic mass is 10.1. The average molecular weight is 342 g/mol. The van der Waals surface area contributed by atoms with E-state index in [4.69, 9.17) is 28.3 Å². The fourth-order valence-electron chi connectivity index (χ4n) is 2.28. The number of aromatic nitrogens is 2. The van der Waals surface area contributed by atoms with Gasteiger partial charge in [0.05, 0.1) is 11.4 Å². The van der Waals surface area contributed by atoms with Crippen molar-refractivity contribution in [3.8, 4) is 5.69 Å². The summed E-state index contributed by atoms with van der Waals surface area (Å²) in [5.74, 6) is 0.423. The molecule has 0 bridgehead atoms. The second-order valence-corrected chi connectivity index (χ2v) is 6.29. The Morgan fingerprint density at radius 1 is 1.36 bits per heavy atom. The number of rotatable bonds is 7. The molecule has 0 spiro atoms. The van der Waals surface area contributed by atoms with E-state index in [0.29, 0.717) is 22.6 Å². The minimum Gasteiger partial charge on any atom is -0.396 e. The van der Waals surface area contributed by atoms with Gasteiger partial charge in [-0.3, -0.25) is 0 Å². The van der Waals surface area contributed by atoms with Gasteiger partial charge < -0.3 is 10.4 Å². The molecule has 120 valence electrons. The van der Waals surface area contributed by atoms with Crippen molar-refractivity contribution in [2.75, 3.05) is 13.2 Å². The van der Waals surface area contributed by atoms with Gasteiger partial charge in [-0.1, -0.05) is 36.2 Å². The summed E-state index contributed by atoms with van der Waals surface area (Å²) in [5, 5.41) is 18.0. The van der Waals surface area contributed by atoms with Crippen LogP contribution < -0.4 is 5.32 Å². The van der Waals surface area contributed by atoms with Crippen molar-refractivity contribution in [2.24, 2.45) is 5.92 Å². The SMILES string of the molecule is Cc1nn(-c2cccc(Cl)c2)c(Cl)c1CNCC(C)CCO. The Balaban J connectivity index is 2.11. The second-order valence-electron chi connectivity index (χ2n) is 5.49. The molecule has 0 fully saturated rings. The smallest absolute Gasteiger partial charge is 0.137 e. The zero-order valence-electron chi connectivity index (χ0n) is 12.8. The molecule has 6 heteroatoms. The number of nitrogens with zero attached hydrogens (tertiary/aromatic N) is 2. The van der Waals surface area contributed by atoms with Gasteiger partial charge in [-0.15, -0.1) is 0 Å². The highest BCUT2D eigenvalue weighted by molar-refractivity contribution is 6.31. The summed E-state index contributed by atoms with van der Waals surface area (Å²) in [6.07, 6.45) is 0.793. The van der Waals surface area contributed by atoms with Crippen LogP contribution >= 0.6 is 23.2 Å². The summed E-state index contributed by atoms with van der Waals surface area (Å²) in [6.45, 7) is 5.75.